The molecule has 8 heteroatoms. The number of benzene rings is 3. The first kappa shape index (κ1) is 23.4. The number of nitrogens with zero attached hydrogens (tertiary/aromatic N) is 3. The largest absolute Gasteiger partial charge is 0.457 e. The Bertz CT molecular complexity index is 1410. The summed E-state index contributed by atoms with van der Waals surface area (Å²) in [4.78, 5) is 7.25. The molecule has 1 aliphatic rings. The number of sulfonamides is 1. The fourth-order valence-corrected chi connectivity index (χ4v) is 5.39. The van der Waals surface area contributed by atoms with E-state index in [1.165, 1.54) is 11.1 Å². The van der Waals surface area contributed by atoms with E-state index < -0.39 is 10.0 Å². The zero-order valence-electron chi connectivity index (χ0n) is 20.0. The van der Waals surface area contributed by atoms with Gasteiger partial charge in [-0.3, -0.25) is 9.62 Å². The number of rotatable bonds is 7. The molecule has 35 heavy (non-hydrogen) atoms. The molecule has 7 nitrogen and oxygen atoms in total. The highest BCUT2D eigenvalue weighted by Gasteiger charge is 2.23. The van der Waals surface area contributed by atoms with E-state index in [4.69, 9.17) is 9.72 Å². The minimum atomic E-state index is -3.29. The smallest absolute Gasteiger partial charge is 0.229 e. The van der Waals surface area contributed by atoms with Gasteiger partial charge in [-0.1, -0.05) is 24.3 Å². The molecule has 0 unspecified atom stereocenters. The number of fused-ring (bicyclic) bond motifs is 1. The van der Waals surface area contributed by atoms with Gasteiger partial charge >= 0.3 is 0 Å². The van der Waals surface area contributed by atoms with Crippen molar-refractivity contribution in [3.8, 4) is 11.5 Å². The van der Waals surface area contributed by atoms with Crippen LogP contribution in [-0.4, -0.2) is 42.2 Å². The third kappa shape index (κ3) is 5.66. The predicted octanol–water partition coefficient (Wildman–Crippen LogP) is 5.35. The quantitative estimate of drug-likeness (QED) is 0.378. The zero-order chi connectivity index (χ0) is 24.4. The maximum absolute atomic E-state index is 11.3. The van der Waals surface area contributed by atoms with Crippen LogP contribution in [0, 0.1) is 6.92 Å². The van der Waals surface area contributed by atoms with Gasteiger partial charge in [0, 0.05) is 31.4 Å². The van der Waals surface area contributed by atoms with Gasteiger partial charge in [-0.05, 0) is 73.9 Å². The summed E-state index contributed by atoms with van der Waals surface area (Å²) in [6.45, 7) is 5.14. The summed E-state index contributed by atoms with van der Waals surface area (Å²) in [6, 6.07) is 23.9. The molecular weight excluding hydrogens is 460 g/mol. The van der Waals surface area contributed by atoms with Crippen LogP contribution in [-0.2, 0) is 16.6 Å². The fraction of sp³-hybridized carbons (Fsp3) is 0.296. The Labute approximate surface area is 206 Å². The highest BCUT2D eigenvalue weighted by molar-refractivity contribution is 7.92. The van der Waals surface area contributed by atoms with Crippen LogP contribution >= 0.6 is 0 Å². The van der Waals surface area contributed by atoms with Crippen molar-refractivity contribution in [3.05, 3.63) is 84.2 Å². The number of ether oxygens (including phenoxy) is 1. The SMILES string of the molecule is Cc1nc2ccccc2n1C1CCN(Cc2ccc(Oc3ccc(NS(C)(=O)=O)cc3)cc2)CC1. The van der Waals surface area contributed by atoms with Gasteiger partial charge < -0.3 is 9.30 Å². The van der Waals surface area contributed by atoms with E-state index in [1.807, 2.05) is 18.2 Å². The van der Waals surface area contributed by atoms with E-state index in [0.717, 1.165) is 55.8 Å². The molecule has 1 N–H and O–H groups in total. The van der Waals surface area contributed by atoms with Gasteiger partial charge in [0.15, 0.2) is 0 Å². The van der Waals surface area contributed by atoms with Crippen LogP contribution < -0.4 is 9.46 Å². The van der Waals surface area contributed by atoms with Gasteiger partial charge in [-0.2, -0.15) is 0 Å². The second kappa shape index (κ2) is 9.71. The van der Waals surface area contributed by atoms with Crippen molar-refractivity contribution in [2.75, 3.05) is 24.1 Å². The number of aromatic nitrogens is 2. The number of hydrogen-bond acceptors (Lipinski definition) is 5. The topological polar surface area (TPSA) is 76.5 Å². The number of hydrogen-bond donors (Lipinski definition) is 1. The van der Waals surface area contributed by atoms with Gasteiger partial charge in [0.1, 0.15) is 17.3 Å². The molecule has 5 rings (SSSR count). The lowest BCUT2D eigenvalue weighted by Crippen LogP contribution is -2.34. The van der Waals surface area contributed by atoms with Crippen molar-refractivity contribution in [3.63, 3.8) is 0 Å². The number of aryl methyl sites for hydroxylation is 1. The van der Waals surface area contributed by atoms with Gasteiger partial charge in [-0.25, -0.2) is 13.4 Å². The van der Waals surface area contributed by atoms with Crippen LogP contribution in [0.2, 0.25) is 0 Å². The van der Waals surface area contributed by atoms with Gasteiger partial charge in [0.2, 0.25) is 10.0 Å². The lowest BCUT2D eigenvalue weighted by Gasteiger charge is -2.33. The monoisotopic (exact) mass is 490 g/mol. The van der Waals surface area contributed by atoms with Gasteiger partial charge in [-0.15, -0.1) is 0 Å². The van der Waals surface area contributed by atoms with Crippen LogP contribution in [0.4, 0.5) is 5.69 Å². The average molecular weight is 491 g/mol. The van der Waals surface area contributed by atoms with Crippen molar-refractivity contribution in [2.24, 2.45) is 0 Å². The summed E-state index contributed by atoms with van der Waals surface area (Å²) in [5.41, 5.74) is 4.08. The minimum absolute atomic E-state index is 0.494. The molecule has 0 aliphatic carbocycles. The maximum Gasteiger partial charge on any atom is 0.229 e. The molecule has 0 radical (unpaired) electrons. The standard InChI is InChI=1S/C27H30N4O3S/c1-20-28-26-5-3-4-6-27(26)31(20)23-15-17-30(18-16-23)19-21-7-11-24(12-8-21)34-25-13-9-22(10-14-25)29-35(2,32)33/h3-14,23,29H,15-19H2,1-2H3. The van der Waals surface area contributed by atoms with Crippen molar-refractivity contribution in [1.82, 2.24) is 14.5 Å². The molecule has 0 spiro atoms. The van der Waals surface area contributed by atoms with Gasteiger partial charge in [0.25, 0.3) is 0 Å². The number of anilines is 1. The van der Waals surface area contributed by atoms with E-state index in [9.17, 15) is 8.42 Å². The Morgan fingerprint density at radius 3 is 2.23 bits per heavy atom. The van der Waals surface area contributed by atoms with Gasteiger partial charge in [0.05, 0.1) is 17.3 Å². The number of para-hydroxylation sites is 2. The third-order valence-corrected chi connectivity index (χ3v) is 7.02. The molecule has 0 atom stereocenters. The Kier molecular flexibility index (Phi) is 6.49. The predicted molar refractivity (Wildman–Crippen MR) is 139 cm³/mol. The second-order valence-electron chi connectivity index (χ2n) is 9.17. The molecule has 0 bridgehead atoms. The molecule has 2 heterocycles. The zero-order valence-corrected chi connectivity index (χ0v) is 20.8. The van der Waals surface area contributed by atoms with Crippen molar-refractivity contribution in [1.29, 1.82) is 0 Å². The summed E-state index contributed by atoms with van der Waals surface area (Å²) in [5.74, 6) is 2.50. The van der Waals surface area contributed by atoms with E-state index in [-0.39, 0.29) is 0 Å². The summed E-state index contributed by atoms with van der Waals surface area (Å²) in [6.07, 6.45) is 3.36. The number of nitrogens with one attached hydrogen (secondary N) is 1. The van der Waals surface area contributed by atoms with Crippen LogP contribution in [0.5, 0.6) is 11.5 Å². The number of imidazole rings is 1. The third-order valence-electron chi connectivity index (χ3n) is 6.42. The lowest BCUT2D eigenvalue weighted by molar-refractivity contribution is 0.180. The highest BCUT2D eigenvalue weighted by Crippen LogP contribution is 2.30. The van der Waals surface area contributed by atoms with Crippen LogP contribution in [0.3, 0.4) is 0 Å². The molecule has 0 amide bonds. The summed E-state index contributed by atoms with van der Waals surface area (Å²) >= 11 is 0. The van der Waals surface area contributed by atoms with E-state index in [1.54, 1.807) is 24.3 Å². The summed E-state index contributed by atoms with van der Waals surface area (Å²) in [5, 5.41) is 0. The fourth-order valence-electron chi connectivity index (χ4n) is 4.82. The molecule has 1 aromatic heterocycles. The minimum Gasteiger partial charge on any atom is -0.457 e. The maximum atomic E-state index is 11.3. The summed E-state index contributed by atoms with van der Waals surface area (Å²) in [7, 11) is -3.29. The highest BCUT2D eigenvalue weighted by atomic mass is 32.2. The van der Waals surface area contributed by atoms with Crippen molar-refractivity contribution in [2.45, 2.75) is 32.4 Å². The van der Waals surface area contributed by atoms with E-state index in [0.29, 0.717) is 17.5 Å². The van der Waals surface area contributed by atoms with Crippen LogP contribution in [0.25, 0.3) is 11.0 Å². The molecule has 1 aliphatic heterocycles. The first-order chi connectivity index (χ1) is 16.8. The Morgan fingerprint density at radius 2 is 1.57 bits per heavy atom. The number of piperidine rings is 1. The summed E-state index contributed by atoms with van der Waals surface area (Å²) < 4.78 is 33.4. The van der Waals surface area contributed by atoms with Crippen molar-refractivity contribution < 1.29 is 13.2 Å². The molecule has 0 saturated carbocycles. The van der Waals surface area contributed by atoms with Crippen LogP contribution in [0.15, 0.2) is 72.8 Å². The molecular formula is C27H30N4O3S. The molecule has 4 aromatic rings. The lowest BCUT2D eigenvalue weighted by atomic mass is 10.0. The molecule has 3 aromatic carbocycles. The Balaban J connectivity index is 1.15. The van der Waals surface area contributed by atoms with E-state index in [2.05, 4.69) is 51.4 Å². The van der Waals surface area contributed by atoms with Crippen molar-refractivity contribution >= 4 is 26.7 Å². The van der Waals surface area contributed by atoms with Crippen LogP contribution in [0.1, 0.15) is 30.3 Å². The number of likely N-dealkylation sites (tertiary alicyclic amines) is 1. The first-order valence-electron chi connectivity index (χ1n) is 11.8. The average Bonchev–Trinajstić information content (AvgIpc) is 3.17. The van der Waals surface area contributed by atoms with E-state index >= 15 is 0 Å². The normalized spacial score (nSPS) is 15.4. The molecule has 1 saturated heterocycles. The first-order valence-corrected chi connectivity index (χ1v) is 13.7. The molecule has 1 fully saturated rings. The Morgan fingerprint density at radius 1 is 0.943 bits per heavy atom. The molecule has 182 valence electrons. The second-order valence-corrected chi connectivity index (χ2v) is 10.9. The Hall–Kier alpha value is -3.36.